The minimum Gasteiger partial charge on any atom is -0.481 e. The van der Waals surface area contributed by atoms with Crippen LogP contribution in [0.1, 0.15) is 44.9 Å². The number of rotatable bonds is 10. The average molecular weight is 287 g/mol. The van der Waals surface area contributed by atoms with E-state index in [0.29, 0.717) is 19.3 Å². The molecule has 0 rings (SSSR count). The monoisotopic (exact) mass is 287 g/mol. The summed E-state index contributed by atoms with van der Waals surface area (Å²) in [4.78, 5) is 10.2. The van der Waals surface area contributed by atoms with Crippen LogP contribution >= 0.6 is 0 Å². The summed E-state index contributed by atoms with van der Waals surface area (Å²) in [7, 11) is -4.02. The van der Waals surface area contributed by atoms with Crippen LogP contribution in [0.5, 0.6) is 0 Å². The maximum absolute atomic E-state index is 10.8. The summed E-state index contributed by atoms with van der Waals surface area (Å²) in [5.74, 6) is -0.789. The average Bonchev–Trinajstić information content (AvgIpc) is 2.19. The van der Waals surface area contributed by atoms with E-state index >= 15 is 0 Å². The molecule has 1 unspecified atom stereocenters. The van der Waals surface area contributed by atoms with Gasteiger partial charge in [-0.1, -0.05) is 31.8 Å². The molecule has 0 aliphatic heterocycles. The largest absolute Gasteiger partial charge is 1.00 e. The Morgan fingerprint density at radius 2 is 1.67 bits per heavy atom. The molecule has 0 radical (unpaired) electrons. The second-order valence-corrected chi connectivity index (χ2v) is 5.62. The molecule has 0 aromatic heterocycles. The van der Waals surface area contributed by atoms with E-state index in [1.54, 1.807) is 0 Å². The summed E-state index contributed by atoms with van der Waals surface area (Å²) >= 11 is 0. The third-order valence-electron chi connectivity index (χ3n) is 2.52. The molecule has 0 saturated carbocycles. The Hall–Kier alpha value is 0.120. The molecule has 0 spiro atoms. The van der Waals surface area contributed by atoms with Crippen molar-refractivity contribution in [2.45, 2.75) is 50.2 Å². The van der Waals surface area contributed by atoms with E-state index in [1.807, 2.05) is 0 Å². The third-order valence-corrected chi connectivity index (χ3v) is 3.72. The van der Waals surface area contributed by atoms with Crippen molar-refractivity contribution in [3.8, 4) is 0 Å². The van der Waals surface area contributed by atoms with Gasteiger partial charge in [0, 0.05) is 6.42 Å². The van der Waals surface area contributed by atoms with Gasteiger partial charge in [0.2, 0.25) is 0 Å². The molecule has 0 bridgehead atoms. The van der Waals surface area contributed by atoms with E-state index in [-0.39, 0.29) is 36.0 Å². The van der Waals surface area contributed by atoms with Crippen molar-refractivity contribution in [2.24, 2.45) is 0 Å². The summed E-state index contributed by atoms with van der Waals surface area (Å²) in [6.07, 6.45) is 5.66. The van der Waals surface area contributed by atoms with Gasteiger partial charge in [0.1, 0.15) is 5.25 Å². The molecule has 0 fully saturated rings. The van der Waals surface area contributed by atoms with Gasteiger partial charge in [-0.25, -0.2) is 0 Å². The number of hydrogen-bond donors (Lipinski definition) is 2. The molecule has 5 nitrogen and oxygen atoms in total. The van der Waals surface area contributed by atoms with Crippen molar-refractivity contribution < 1.29 is 52.4 Å². The van der Waals surface area contributed by atoms with Crippen LogP contribution in [0, 0.1) is 0 Å². The zero-order chi connectivity index (χ0) is 13.3. The number of carboxylic acids is 1. The first-order valence-corrected chi connectivity index (χ1v) is 7.19. The van der Waals surface area contributed by atoms with Gasteiger partial charge in [-0.15, -0.1) is 6.58 Å². The predicted molar refractivity (Wildman–Crippen MR) is 65.5 cm³/mol. The Balaban J connectivity index is 0. The maximum atomic E-state index is 10.8. The van der Waals surface area contributed by atoms with Crippen LogP contribution < -0.4 is 29.6 Å². The molecule has 1 atom stereocenters. The zero-order valence-corrected chi connectivity index (χ0v) is 13.7. The first-order chi connectivity index (χ1) is 7.88. The maximum Gasteiger partial charge on any atom is 1.00 e. The van der Waals surface area contributed by atoms with Crippen molar-refractivity contribution >= 4 is 16.1 Å². The van der Waals surface area contributed by atoms with Crippen LogP contribution in [0.3, 0.4) is 0 Å². The topological polar surface area (TPSA) is 91.7 Å². The molecule has 18 heavy (non-hydrogen) atoms. The molecular weight excluding hydrogens is 267 g/mol. The summed E-state index contributed by atoms with van der Waals surface area (Å²) in [6, 6.07) is 0. The Labute approximate surface area is 131 Å². The summed E-state index contributed by atoms with van der Waals surface area (Å²) in [5, 5.41) is 7.52. The first kappa shape index (κ1) is 20.4. The van der Waals surface area contributed by atoms with Gasteiger partial charge in [0.25, 0.3) is 10.1 Å². The van der Waals surface area contributed by atoms with Gasteiger partial charge in [0.15, 0.2) is 0 Å². The molecule has 0 aromatic carbocycles. The molecule has 0 saturated heterocycles. The van der Waals surface area contributed by atoms with Crippen molar-refractivity contribution in [3.63, 3.8) is 0 Å². The second kappa shape index (κ2) is 11.0. The Kier molecular flexibility index (Phi) is 12.5. The fraction of sp³-hybridized carbons (Fsp3) is 0.727. The number of carbonyl (C=O) groups is 1. The van der Waals surface area contributed by atoms with E-state index in [1.165, 1.54) is 6.08 Å². The van der Waals surface area contributed by atoms with Gasteiger partial charge in [-0.2, -0.15) is 8.42 Å². The number of unbranched alkanes of at least 4 members (excludes halogenated alkanes) is 4. The van der Waals surface area contributed by atoms with E-state index in [2.05, 4.69) is 6.58 Å². The van der Waals surface area contributed by atoms with Crippen LogP contribution in [0.15, 0.2) is 12.7 Å². The van der Waals surface area contributed by atoms with Gasteiger partial charge in [-0.05, 0) is 12.8 Å². The molecule has 7 heteroatoms. The molecule has 0 amide bonds. The summed E-state index contributed by atoms with van der Waals surface area (Å²) < 4.78 is 30.5. The molecule has 0 aromatic rings. The Bertz CT molecular complexity index is 339. The second-order valence-electron chi connectivity index (χ2n) is 3.99. The predicted octanol–water partition coefficient (Wildman–Crippen LogP) is -0.752. The minimum absolute atomic E-state index is 0. The van der Waals surface area contributed by atoms with Crippen LogP contribution in [-0.2, 0) is 14.9 Å². The van der Waals surface area contributed by atoms with Gasteiger partial charge in [0.05, 0.1) is 0 Å². The van der Waals surface area contributed by atoms with Crippen molar-refractivity contribution in [1.82, 2.24) is 0 Å². The van der Waals surface area contributed by atoms with Crippen LogP contribution in [0.4, 0.5) is 0 Å². The molecule has 0 heterocycles. The van der Waals surface area contributed by atoms with Crippen LogP contribution in [-0.4, -0.2) is 29.3 Å². The summed E-state index contributed by atoms with van der Waals surface area (Å²) in [6.45, 7) is 3.37. The Morgan fingerprint density at radius 3 is 2.11 bits per heavy atom. The normalized spacial score (nSPS) is 12.5. The molecule has 0 aliphatic carbocycles. The van der Waals surface area contributed by atoms with Gasteiger partial charge >= 0.3 is 35.5 Å². The number of aliphatic carboxylic acids is 1. The van der Waals surface area contributed by atoms with Gasteiger partial charge in [-0.3, -0.25) is 9.35 Å². The van der Waals surface area contributed by atoms with Crippen LogP contribution in [0.25, 0.3) is 0 Å². The van der Waals surface area contributed by atoms with E-state index in [0.717, 1.165) is 19.3 Å². The SMILES string of the molecule is C=CC(CCCCCCCC(=O)O)S(=O)(=O)O.[Na+]. The first-order valence-electron chi connectivity index (χ1n) is 5.68. The molecule has 0 aliphatic rings. The van der Waals surface area contributed by atoms with Crippen molar-refractivity contribution in [3.05, 3.63) is 12.7 Å². The van der Waals surface area contributed by atoms with E-state index in [9.17, 15) is 13.2 Å². The fourth-order valence-electron chi connectivity index (χ4n) is 1.54. The van der Waals surface area contributed by atoms with Crippen molar-refractivity contribution in [1.29, 1.82) is 0 Å². The number of carboxylic acid groups (broad SMARTS) is 1. The molecule has 2 N–H and O–H groups in total. The fourth-order valence-corrected chi connectivity index (χ4v) is 2.25. The summed E-state index contributed by atoms with van der Waals surface area (Å²) in [5.41, 5.74) is 0. The third kappa shape index (κ3) is 11.2. The standard InChI is InChI=1S/C11H20O5S.Na/c1-2-10(17(14,15)16)8-6-4-3-5-7-9-11(12)13;/h2,10H,1,3-9H2,(H,12,13)(H,14,15,16);/q;+1. The quantitative estimate of drug-likeness (QED) is 0.239. The Morgan fingerprint density at radius 1 is 1.17 bits per heavy atom. The van der Waals surface area contributed by atoms with Gasteiger partial charge < -0.3 is 5.11 Å². The van der Waals surface area contributed by atoms with Crippen molar-refractivity contribution in [2.75, 3.05) is 0 Å². The van der Waals surface area contributed by atoms with E-state index in [4.69, 9.17) is 9.66 Å². The van der Waals surface area contributed by atoms with Crippen LogP contribution in [0.2, 0.25) is 0 Å². The minimum atomic E-state index is -4.02. The zero-order valence-electron chi connectivity index (χ0n) is 10.8. The molecular formula is C11H20NaO5S+. The number of hydrogen-bond acceptors (Lipinski definition) is 3. The van der Waals surface area contributed by atoms with E-state index < -0.39 is 21.3 Å². The molecule has 100 valence electrons. The smallest absolute Gasteiger partial charge is 0.481 e.